The van der Waals surface area contributed by atoms with Crippen molar-refractivity contribution in [2.45, 2.75) is 64.2 Å². The third-order valence-electron chi connectivity index (χ3n) is 5.29. The Bertz CT molecular complexity index is 931. The van der Waals surface area contributed by atoms with Crippen molar-refractivity contribution < 1.29 is 29.4 Å². The molecule has 11 N–H and O–H groups in total. The van der Waals surface area contributed by atoms with Crippen molar-refractivity contribution in [3.05, 3.63) is 29.8 Å². The first-order valence-electron chi connectivity index (χ1n) is 11.5. The standard InChI is InChI=1S/C23H37N7O6/c1-12(2)18(21(34)28-13(3)22(35)36)30-20(33)17(11-14-6-8-15(31)9-7-14)29-19(32)16(24)5-4-10-27-23(25)26/h6-9,12-13,16-18,31H,4-5,10-11,24H2,1-3H3,(H,28,34)(H,29,32)(H,30,33)(H,35,36)(H4,25,26,27). The van der Waals surface area contributed by atoms with Gasteiger partial charge in [0.05, 0.1) is 6.04 Å². The molecule has 1 aromatic rings. The zero-order valence-corrected chi connectivity index (χ0v) is 20.7. The molecule has 0 aliphatic rings. The van der Waals surface area contributed by atoms with Gasteiger partial charge in [-0.2, -0.15) is 0 Å². The van der Waals surface area contributed by atoms with Crippen molar-refractivity contribution >= 4 is 29.7 Å². The number of carbonyl (C=O) groups is 4. The number of nitrogens with one attached hydrogen (secondary N) is 3. The van der Waals surface area contributed by atoms with Gasteiger partial charge in [0.15, 0.2) is 5.96 Å². The quantitative estimate of drug-likeness (QED) is 0.0832. The fourth-order valence-corrected chi connectivity index (χ4v) is 3.16. The van der Waals surface area contributed by atoms with E-state index in [0.717, 1.165) is 0 Å². The molecule has 0 bridgehead atoms. The number of amides is 3. The summed E-state index contributed by atoms with van der Waals surface area (Å²) in [5, 5.41) is 26.2. The second-order valence-electron chi connectivity index (χ2n) is 8.79. The Morgan fingerprint density at radius 2 is 1.56 bits per heavy atom. The molecule has 0 fully saturated rings. The highest BCUT2D eigenvalue weighted by atomic mass is 16.4. The molecule has 36 heavy (non-hydrogen) atoms. The second kappa shape index (κ2) is 14.5. The van der Waals surface area contributed by atoms with E-state index in [1.54, 1.807) is 26.0 Å². The predicted octanol–water partition coefficient (Wildman–Crippen LogP) is -1.47. The van der Waals surface area contributed by atoms with E-state index < -0.39 is 47.9 Å². The molecule has 4 atom stereocenters. The molecule has 0 radical (unpaired) electrons. The zero-order chi connectivity index (χ0) is 27.4. The van der Waals surface area contributed by atoms with E-state index >= 15 is 0 Å². The fraction of sp³-hybridized carbons (Fsp3) is 0.522. The Balaban J connectivity index is 3.00. The number of nitrogens with two attached hydrogens (primary N) is 3. The molecule has 1 rings (SSSR count). The largest absolute Gasteiger partial charge is 0.508 e. The van der Waals surface area contributed by atoms with Crippen molar-refractivity contribution in [3.63, 3.8) is 0 Å². The lowest BCUT2D eigenvalue weighted by Gasteiger charge is -2.26. The Kier molecular flexibility index (Phi) is 12.2. The Morgan fingerprint density at radius 1 is 0.944 bits per heavy atom. The highest BCUT2D eigenvalue weighted by Crippen LogP contribution is 2.12. The van der Waals surface area contributed by atoms with Gasteiger partial charge in [0.1, 0.15) is 23.9 Å². The van der Waals surface area contributed by atoms with Gasteiger partial charge < -0.3 is 43.4 Å². The smallest absolute Gasteiger partial charge is 0.325 e. The van der Waals surface area contributed by atoms with Gasteiger partial charge in [-0.05, 0) is 43.4 Å². The molecule has 200 valence electrons. The van der Waals surface area contributed by atoms with Crippen molar-refractivity contribution in [1.82, 2.24) is 16.0 Å². The maximum absolute atomic E-state index is 13.2. The predicted molar refractivity (Wildman–Crippen MR) is 134 cm³/mol. The minimum absolute atomic E-state index is 0.0377. The molecule has 0 aliphatic heterocycles. The molecule has 0 saturated carbocycles. The molecule has 0 aliphatic carbocycles. The minimum Gasteiger partial charge on any atom is -0.508 e. The van der Waals surface area contributed by atoms with E-state index in [2.05, 4.69) is 20.9 Å². The van der Waals surface area contributed by atoms with Gasteiger partial charge in [-0.3, -0.25) is 24.2 Å². The molecule has 0 heterocycles. The van der Waals surface area contributed by atoms with Gasteiger partial charge in [-0.1, -0.05) is 26.0 Å². The van der Waals surface area contributed by atoms with Crippen LogP contribution < -0.4 is 33.2 Å². The van der Waals surface area contributed by atoms with Crippen LogP contribution in [0.1, 0.15) is 39.2 Å². The lowest BCUT2D eigenvalue weighted by molar-refractivity contribution is -0.142. The van der Waals surface area contributed by atoms with Gasteiger partial charge in [-0.15, -0.1) is 0 Å². The van der Waals surface area contributed by atoms with Crippen molar-refractivity contribution in [3.8, 4) is 5.75 Å². The first kappa shape index (κ1) is 30.2. The zero-order valence-electron chi connectivity index (χ0n) is 20.7. The van der Waals surface area contributed by atoms with Crippen LogP contribution in [0.25, 0.3) is 0 Å². The number of aromatic hydroxyl groups is 1. The molecule has 13 nitrogen and oxygen atoms in total. The van der Waals surface area contributed by atoms with E-state index in [9.17, 15) is 24.3 Å². The van der Waals surface area contributed by atoms with Gasteiger partial charge in [0.2, 0.25) is 17.7 Å². The average molecular weight is 508 g/mol. The minimum atomic E-state index is -1.22. The fourth-order valence-electron chi connectivity index (χ4n) is 3.16. The number of benzene rings is 1. The molecule has 13 heteroatoms. The summed E-state index contributed by atoms with van der Waals surface area (Å²) in [5.41, 5.74) is 17.2. The highest BCUT2D eigenvalue weighted by Gasteiger charge is 2.31. The third-order valence-corrected chi connectivity index (χ3v) is 5.29. The van der Waals surface area contributed by atoms with Crippen molar-refractivity contribution in [1.29, 1.82) is 0 Å². The number of phenols is 1. The topological polar surface area (TPSA) is 235 Å². The third kappa shape index (κ3) is 10.6. The Morgan fingerprint density at radius 3 is 2.08 bits per heavy atom. The summed E-state index contributed by atoms with van der Waals surface area (Å²) >= 11 is 0. The number of rotatable bonds is 14. The normalized spacial score (nSPS) is 14.1. The number of aliphatic imine (C=N–C) groups is 1. The molecule has 3 amide bonds. The molecule has 0 aromatic heterocycles. The molecule has 0 saturated heterocycles. The van der Waals surface area contributed by atoms with E-state index in [1.165, 1.54) is 19.1 Å². The molecule has 4 unspecified atom stereocenters. The Hall–Kier alpha value is -3.87. The molecule has 1 aromatic carbocycles. The van der Waals surface area contributed by atoms with Crippen LogP contribution in [-0.2, 0) is 25.6 Å². The first-order valence-corrected chi connectivity index (χ1v) is 11.5. The van der Waals surface area contributed by atoms with Crippen LogP contribution in [0.2, 0.25) is 0 Å². The Labute approximate surface area is 209 Å². The summed E-state index contributed by atoms with van der Waals surface area (Å²) in [4.78, 5) is 53.5. The first-order chi connectivity index (χ1) is 16.8. The van der Waals surface area contributed by atoms with Gasteiger partial charge in [0.25, 0.3) is 0 Å². The van der Waals surface area contributed by atoms with Crippen LogP contribution in [0.15, 0.2) is 29.3 Å². The van der Waals surface area contributed by atoms with Crippen molar-refractivity contribution in [2.75, 3.05) is 6.54 Å². The van der Waals surface area contributed by atoms with Gasteiger partial charge in [-0.25, -0.2) is 0 Å². The average Bonchev–Trinajstić information content (AvgIpc) is 2.80. The number of hydrogen-bond donors (Lipinski definition) is 8. The summed E-state index contributed by atoms with van der Waals surface area (Å²) in [7, 11) is 0. The number of nitrogens with zero attached hydrogens (tertiary/aromatic N) is 1. The van der Waals surface area contributed by atoms with E-state index in [1.807, 2.05) is 0 Å². The maximum Gasteiger partial charge on any atom is 0.325 e. The van der Waals surface area contributed by atoms with E-state index in [-0.39, 0.29) is 30.5 Å². The summed E-state index contributed by atoms with van der Waals surface area (Å²) in [6, 6.07) is 1.84. The number of aliphatic carboxylic acids is 1. The van der Waals surface area contributed by atoms with Gasteiger partial charge in [0, 0.05) is 13.0 Å². The van der Waals surface area contributed by atoms with Crippen LogP contribution in [-0.4, -0.2) is 70.6 Å². The van der Waals surface area contributed by atoms with Crippen LogP contribution in [0.4, 0.5) is 0 Å². The molecular weight excluding hydrogens is 470 g/mol. The number of carboxylic acids is 1. The van der Waals surface area contributed by atoms with E-state index in [0.29, 0.717) is 18.5 Å². The van der Waals surface area contributed by atoms with Crippen LogP contribution in [0.3, 0.4) is 0 Å². The molecular formula is C23H37N7O6. The van der Waals surface area contributed by atoms with Crippen molar-refractivity contribution in [2.24, 2.45) is 28.1 Å². The monoisotopic (exact) mass is 507 g/mol. The highest BCUT2D eigenvalue weighted by molar-refractivity contribution is 5.94. The maximum atomic E-state index is 13.2. The summed E-state index contributed by atoms with van der Waals surface area (Å²) in [6.45, 7) is 4.98. The number of hydrogen-bond acceptors (Lipinski definition) is 7. The number of phenolic OH excluding ortho intramolecular Hbond substituents is 1. The summed E-state index contributed by atoms with van der Waals surface area (Å²) < 4.78 is 0. The number of guanidine groups is 1. The van der Waals surface area contributed by atoms with Crippen LogP contribution in [0, 0.1) is 5.92 Å². The summed E-state index contributed by atoms with van der Waals surface area (Å²) in [5.74, 6) is -3.53. The second-order valence-corrected chi connectivity index (χ2v) is 8.79. The number of carboxylic acid groups (broad SMARTS) is 1. The SMILES string of the molecule is CC(NC(=O)C(NC(=O)C(Cc1ccc(O)cc1)NC(=O)C(N)CCCN=C(N)N)C(C)C)C(=O)O. The van der Waals surface area contributed by atoms with Gasteiger partial charge >= 0.3 is 5.97 Å². The van der Waals surface area contributed by atoms with Crippen LogP contribution >= 0.6 is 0 Å². The summed E-state index contributed by atoms with van der Waals surface area (Å²) in [6.07, 6.45) is 0.759. The van der Waals surface area contributed by atoms with Crippen LogP contribution in [0.5, 0.6) is 5.75 Å². The number of carbonyl (C=O) groups excluding carboxylic acids is 3. The lowest BCUT2D eigenvalue weighted by atomic mass is 10.00. The molecule has 0 spiro atoms. The lowest BCUT2D eigenvalue weighted by Crippen LogP contribution is -2.58. The van der Waals surface area contributed by atoms with E-state index in [4.69, 9.17) is 22.3 Å².